The zero-order chi connectivity index (χ0) is 23.6. The van der Waals surface area contributed by atoms with Gasteiger partial charge >= 0.3 is 6.18 Å². The molecule has 10 heteroatoms. The highest BCUT2D eigenvalue weighted by molar-refractivity contribution is 5.92. The summed E-state index contributed by atoms with van der Waals surface area (Å²) in [5.41, 5.74) is 6.38. The second-order valence-corrected chi connectivity index (χ2v) is 8.09. The van der Waals surface area contributed by atoms with E-state index in [1.165, 1.54) is 12.1 Å². The van der Waals surface area contributed by atoms with Crippen LogP contribution < -0.4 is 5.73 Å². The van der Waals surface area contributed by atoms with Gasteiger partial charge in [-0.1, -0.05) is 29.4 Å². The summed E-state index contributed by atoms with van der Waals surface area (Å²) in [6, 6.07) is 12.0. The quantitative estimate of drug-likeness (QED) is 0.604. The first kappa shape index (κ1) is 22.9. The van der Waals surface area contributed by atoms with Gasteiger partial charge in [-0.3, -0.25) is 14.6 Å². The van der Waals surface area contributed by atoms with Gasteiger partial charge in [-0.2, -0.15) is 18.2 Å². The van der Waals surface area contributed by atoms with E-state index >= 15 is 0 Å². The highest BCUT2D eigenvalue weighted by Crippen LogP contribution is 2.32. The summed E-state index contributed by atoms with van der Waals surface area (Å²) in [4.78, 5) is 20.2. The van der Waals surface area contributed by atoms with E-state index in [0.717, 1.165) is 43.9 Å². The number of hydrogen-bond acceptors (Lipinski definition) is 6. The van der Waals surface area contributed by atoms with Gasteiger partial charge in [-0.25, -0.2) is 0 Å². The Kier molecular flexibility index (Phi) is 6.48. The largest absolute Gasteiger partial charge is 0.416 e. The molecule has 7 nitrogen and oxygen atoms in total. The van der Waals surface area contributed by atoms with E-state index < -0.39 is 17.6 Å². The molecule has 0 bridgehead atoms. The van der Waals surface area contributed by atoms with E-state index in [-0.39, 0.29) is 17.4 Å². The van der Waals surface area contributed by atoms with Gasteiger partial charge in [0.1, 0.15) is 0 Å². The van der Waals surface area contributed by atoms with Gasteiger partial charge in [0.25, 0.3) is 0 Å². The Morgan fingerprint density at radius 2 is 1.85 bits per heavy atom. The molecule has 2 aromatic carbocycles. The van der Waals surface area contributed by atoms with Crippen molar-refractivity contribution in [3.63, 3.8) is 0 Å². The van der Waals surface area contributed by atoms with E-state index in [9.17, 15) is 18.0 Å². The van der Waals surface area contributed by atoms with Gasteiger partial charge < -0.3 is 10.3 Å². The number of carbonyl (C=O) groups is 1. The number of primary amides is 1. The molecule has 33 heavy (non-hydrogen) atoms. The van der Waals surface area contributed by atoms with Crippen molar-refractivity contribution in [3.05, 3.63) is 71.1 Å². The number of amides is 1. The van der Waals surface area contributed by atoms with Crippen LogP contribution in [0, 0.1) is 0 Å². The van der Waals surface area contributed by atoms with Crippen LogP contribution in [0.4, 0.5) is 13.2 Å². The number of nitrogens with zero attached hydrogens (tertiary/aromatic N) is 4. The minimum absolute atomic E-state index is 0.135. The maximum absolute atomic E-state index is 13.0. The number of nitrogens with two attached hydrogens (primary N) is 1. The Balaban J connectivity index is 1.37. The molecule has 3 aromatic rings. The first-order valence-electron chi connectivity index (χ1n) is 10.6. The minimum atomic E-state index is -4.43. The number of hydrogen-bond donors (Lipinski definition) is 1. The van der Waals surface area contributed by atoms with Crippen molar-refractivity contribution in [2.24, 2.45) is 5.73 Å². The Morgan fingerprint density at radius 1 is 1.12 bits per heavy atom. The molecule has 1 amide bonds. The molecule has 0 spiro atoms. The number of carbonyl (C=O) groups excluding carboxylic acids is 1. The Bertz CT molecular complexity index is 1120. The lowest BCUT2D eigenvalue weighted by Crippen LogP contribution is -2.46. The van der Waals surface area contributed by atoms with Gasteiger partial charge in [0.05, 0.1) is 11.6 Å². The van der Waals surface area contributed by atoms with Crippen LogP contribution in [0.25, 0.3) is 11.4 Å². The molecule has 1 atom stereocenters. The minimum Gasteiger partial charge on any atom is -0.366 e. The van der Waals surface area contributed by atoms with Crippen molar-refractivity contribution in [1.29, 1.82) is 0 Å². The Labute approximate surface area is 189 Å². The fourth-order valence-electron chi connectivity index (χ4n) is 3.90. The average Bonchev–Trinajstić information content (AvgIpc) is 3.29. The molecule has 1 aliphatic heterocycles. The molecule has 4 rings (SSSR count). The third-order valence-electron chi connectivity index (χ3n) is 5.82. The molecule has 0 aliphatic carbocycles. The van der Waals surface area contributed by atoms with E-state index in [4.69, 9.17) is 10.3 Å². The van der Waals surface area contributed by atoms with Crippen molar-refractivity contribution >= 4 is 5.91 Å². The molecule has 1 aliphatic rings. The Hall–Kier alpha value is -3.24. The van der Waals surface area contributed by atoms with Gasteiger partial charge in [-0.15, -0.1) is 0 Å². The molecule has 0 radical (unpaired) electrons. The third-order valence-corrected chi connectivity index (χ3v) is 5.82. The van der Waals surface area contributed by atoms with Crippen molar-refractivity contribution in [3.8, 4) is 11.4 Å². The topological polar surface area (TPSA) is 88.5 Å². The van der Waals surface area contributed by atoms with Crippen LogP contribution in [0.2, 0.25) is 0 Å². The summed E-state index contributed by atoms with van der Waals surface area (Å²) < 4.78 is 44.3. The summed E-state index contributed by atoms with van der Waals surface area (Å²) in [6.45, 7) is 5.79. The molecule has 0 saturated carbocycles. The van der Waals surface area contributed by atoms with Gasteiger partial charge in [0.15, 0.2) is 0 Å². The van der Waals surface area contributed by atoms with Crippen LogP contribution >= 0.6 is 0 Å². The molecule has 174 valence electrons. The monoisotopic (exact) mass is 459 g/mol. The zero-order valence-corrected chi connectivity index (χ0v) is 18.0. The second kappa shape index (κ2) is 9.32. The molecule has 1 saturated heterocycles. The van der Waals surface area contributed by atoms with Crippen LogP contribution in [0.1, 0.15) is 40.3 Å². The van der Waals surface area contributed by atoms with Crippen LogP contribution in [-0.4, -0.2) is 52.0 Å². The van der Waals surface area contributed by atoms with Crippen molar-refractivity contribution in [2.75, 3.05) is 26.2 Å². The Morgan fingerprint density at radius 3 is 2.55 bits per heavy atom. The van der Waals surface area contributed by atoms with E-state index in [1.54, 1.807) is 6.07 Å². The van der Waals surface area contributed by atoms with Gasteiger partial charge in [-0.05, 0) is 36.8 Å². The summed E-state index contributed by atoms with van der Waals surface area (Å²) >= 11 is 0. The van der Waals surface area contributed by atoms with Gasteiger partial charge in [0, 0.05) is 43.9 Å². The zero-order valence-electron chi connectivity index (χ0n) is 18.0. The van der Waals surface area contributed by atoms with Gasteiger partial charge in [0.2, 0.25) is 17.6 Å². The number of benzene rings is 2. The molecule has 1 aromatic heterocycles. The lowest BCUT2D eigenvalue weighted by Gasteiger charge is -2.36. The molecule has 1 fully saturated rings. The second-order valence-electron chi connectivity index (χ2n) is 8.09. The number of halogens is 3. The van der Waals surface area contributed by atoms with Crippen LogP contribution in [-0.2, 0) is 12.7 Å². The van der Waals surface area contributed by atoms with Crippen molar-refractivity contribution < 1.29 is 22.5 Å². The highest BCUT2D eigenvalue weighted by Gasteiger charge is 2.31. The highest BCUT2D eigenvalue weighted by atomic mass is 19.4. The summed E-state index contributed by atoms with van der Waals surface area (Å²) in [6.07, 6.45) is -4.43. The lowest BCUT2D eigenvalue weighted by molar-refractivity contribution is -0.137. The predicted octanol–water partition coefficient (Wildman–Crippen LogP) is 3.73. The molecule has 2 N–H and O–H groups in total. The SMILES string of the molecule is CC(c1nc(-c2cccc(C(F)(F)F)c2)no1)N1CCN(Cc2cccc(C(N)=O)c2)CC1. The van der Waals surface area contributed by atoms with E-state index in [2.05, 4.69) is 19.9 Å². The van der Waals surface area contributed by atoms with Crippen LogP contribution in [0.15, 0.2) is 53.1 Å². The average molecular weight is 459 g/mol. The number of piperazine rings is 1. The van der Waals surface area contributed by atoms with Crippen molar-refractivity contribution in [2.45, 2.75) is 25.7 Å². The molecule has 1 unspecified atom stereocenters. The first-order valence-corrected chi connectivity index (χ1v) is 10.6. The standard InChI is InChI=1S/C23H24F3N5O2/c1-15(22-28-21(29-33-22)18-6-3-7-19(13-18)23(24,25)26)31-10-8-30(9-11-31)14-16-4-2-5-17(12-16)20(27)32/h2-7,12-13,15H,8-11,14H2,1H3,(H2,27,32). The fraction of sp³-hybridized carbons (Fsp3) is 0.348. The fourth-order valence-corrected chi connectivity index (χ4v) is 3.90. The predicted molar refractivity (Wildman–Crippen MR) is 115 cm³/mol. The molecule has 2 heterocycles. The smallest absolute Gasteiger partial charge is 0.366 e. The summed E-state index contributed by atoms with van der Waals surface area (Å²) in [7, 11) is 0. The molecular formula is C23H24F3N5O2. The maximum atomic E-state index is 13.0. The number of alkyl halides is 3. The van der Waals surface area contributed by atoms with Crippen LogP contribution in [0.3, 0.4) is 0 Å². The lowest BCUT2D eigenvalue weighted by atomic mass is 10.1. The van der Waals surface area contributed by atoms with Crippen molar-refractivity contribution in [1.82, 2.24) is 19.9 Å². The van der Waals surface area contributed by atoms with E-state index in [1.807, 2.05) is 25.1 Å². The molecular weight excluding hydrogens is 435 g/mol. The normalized spacial score (nSPS) is 16.6. The number of rotatable bonds is 6. The first-order chi connectivity index (χ1) is 15.7. The van der Waals surface area contributed by atoms with Crippen LogP contribution in [0.5, 0.6) is 0 Å². The van der Waals surface area contributed by atoms with E-state index in [0.29, 0.717) is 18.0 Å². The maximum Gasteiger partial charge on any atom is 0.416 e. The summed E-state index contributed by atoms with van der Waals surface area (Å²) in [5.74, 6) is 0.0560. The number of aromatic nitrogens is 2. The summed E-state index contributed by atoms with van der Waals surface area (Å²) in [5, 5.41) is 3.89. The third kappa shape index (κ3) is 5.40.